The van der Waals surface area contributed by atoms with Crippen LogP contribution in [0.5, 0.6) is 0 Å². The van der Waals surface area contributed by atoms with E-state index in [1.54, 1.807) is 4.68 Å². The molecule has 104 valence electrons. The Morgan fingerprint density at radius 2 is 2.20 bits per heavy atom. The van der Waals surface area contributed by atoms with Crippen LogP contribution in [0.25, 0.3) is 0 Å². The van der Waals surface area contributed by atoms with Crippen LogP contribution in [-0.2, 0) is 11.3 Å². The number of hydrogen-bond acceptors (Lipinski definition) is 4. The molecule has 2 aromatic rings. The van der Waals surface area contributed by atoms with Crippen LogP contribution in [0.4, 0.5) is 0 Å². The minimum atomic E-state index is -0.0856. The smallest absolute Gasteiger partial charge is 0.172 e. The predicted molar refractivity (Wildman–Crippen MR) is 73.9 cm³/mol. The Hall–Kier alpha value is -1.72. The van der Waals surface area contributed by atoms with Crippen LogP contribution in [0.2, 0.25) is 5.02 Å². The van der Waals surface area contributed by atoms with Gasteiger partial charge in [0.15, 0.2) is 12.0 Å². The van der Waals surface area contributed by atoms with Crippen molar-refractivity contribution in [2.24, 2.45) is 0 Å². The SMILES string of the molecule is O=Cc1nnn(Cc2ccc(Cl)cc2)c1C1CCCO1. The van der Waals surface area contributed by atoms with Gasteiger partial charge in [0.25, 0.3) is 0 Å². The van der Waals surface area contributed by atoms with Crippen molar-refractivity contribution in [1.82, 2.24) is 15.0 Å². The zero-order valence-electron chi connectivity index (χ0n) is 10.8. The molecule has 6 heteroatoms. The third-order valence-corrected chi connectivity index (χ3v) is 3.64. The first-order chi connectivity index (χ1) is 9.78. The number of carbonyl (C=O) groups is 1. The predicted octanol–water partition coefficient (Wildman–Crippen LogP) is 2.64. The molecule has 0 N–H and O–H groups in total. The number of rotatable bonds is 4. The molecule has 1 aromatic carbocycles. The first kappa shape index (κ1) is 13.3. The van der Waals surface area contributed by atoms with Gasteiger partial charge in [-0.1, -0.05) is 28.9 Å². The third-order valence-electron chi connectivity index (χ3n) is 3.39. The molecule has 5 nitrogen and oxygen atoms in total. The van der Waals surface area contributed by atoms with Gasteiger partial charge in [0.2, 0.25) is 0 Å². The zero-order chi connectivity index (χ0) is 13.9. The average Bonchev–Trinajstić information content (AvgIpc) is 3.10. The van der Waals surface area contributed by atoms with Crippen LogP contribution >= 0.6 is 11.6 Å². The van der Waals surface area contributed by atoms with Crippen molar-refractivity contribution < 1.29 is 9.53 Å². The molecule has 1 saturated heterocycles. The molecule has 1 atom stereocenters. The van der Waals surface area contributed by atoms with E-state index >= 15 is 0 Å². The van der Waals surface area contributed by atoms with E-state index in [1.165, 1.54) is 0 Å². The molecule has 0 bridgehead atoms. The summed E-state index contributed by atoms with van der Waals surface area (Å²) in [5, 5.41) is 8.70. The van der Waals surface area contributed by atoms with Crippen LogP contribution in [-0.4, -0.2) is 27.9 Å². The topological polar surface area (TPSA) is 57.0 Å². The van der Waals surface area contributed by atoms with Gasteiger partial charge < -0.3 is 4.74 Å². The van der Waals surface area contributed by atoms with Crippen LogP contribution in [0, 0.1) is 0 Å². The number of aldehydes is 1. The van der Waals surface area contributed by atoms with E-state index in [0.717, 1.165) is 37.0 Å². The maximum atomic E-state index is 11.1. The molecule has 0 radical (unpaired) electrons. The highest BCUT2D eigenvalue weighted by molar-refractivity contribution is 6.30. The summed E-state index contributed by atoms with van der Waals surface area (Å²) in [5.74, 6) is 0. The van der Waals surface area contributed by atoms with Crippen molar-refractivity contribution in [3.8, 4) is 0 Å². The summed E-state index contributed by atoms with van der Waals surface area (Å²) in [7, 11) is 0. The van der Waals surface area contributed by atoms with Gasteiger partial charge in [0.1, 0.15) is 6.10 Å². The summed E-state index contributed by atoms with van der Waals surface area (Å²) in [6.07, 6.45) is 2.55. The quantitative estimate of drug-likeness (QED) is 0.813. The van der Waals surface area contributed by atoms with Gasteiger partial charge in [0.05, 0.1) is 12.2 Å². The van der Waals surface area contributed by atoms with Crippen LogP contribution in [0.3, 0.4) is 0 Å². The monoisotopic (exact) mass is 291 g/mol. The highest BCUT2D eigenvalue weighted by atomic mass is 35.5. The molecule has 1 unspecified atom stereocenters. The Balaban J connectivity index is 1.90. The lowest BCUT2D eigenvalue weighted by atomic mass is 10.1. The number of halogens is 1. The van der Waals surface area contributed by atoms with Crippen molar-refractivity contribution in [3.63, 3.8) is 0 Å². The Morgan fingerprint density at radius 3 is 2.85 bits per heavy atom. The van der Waals surface area contributed by atoms with Crippen molar-refractivity contribution in [1.29, 1.82) is 0 Å². The van der Waals surface area contributed by atoms with Gasteiger partial charge in [-0.2, -0.15) is 0 Å². The van der Waals surface area contributed by atoms with E-state index in [9.17, 15) is 4.79 Å². The maximum Gasteiger partial charge on any atom is 0.172 e. The highest BCUT2D eigenvalue weighted by Gasteiger charge is 2.26. The molecule has 1 aromatic heterocycles. The fourth-order valence-electron chi connectivity index (χ4n) is 2.42. The molecule has 1 aliphatic rings. The summed E-state index contributed by atoms with van der Waals surface area (Å²) in [4.78, 5) is 11.1. The molecule has 1 fully saturated rings. The molecule has 20 heavy (non-hydrogen) atoms. The second kappa shape index (κ2) is 5.73. The van der Waals surface area contributed by atoms with Crippen molar-refractivity contribution in [2.45, 2.75) is 25.5 Å². The number of hydrogen-bond donors (Lipinski definition) is 0. The zero-order valence-corrected chi connectivity index (χ0v) is 11.6. The molecule has 3 rings (SSSR count). The first-order valence-corrected chi connectivity index (χ1v) is 6.90. The van der Waals surface area contributed by atoms with Gasteiger partial charge in [0, 0.05) is 11.6 Å². The summed E-state index contributed by atoms with van der Waals surface area (Å²) < 4.78 is 7.40. The summed E-state index contributed by atoms with van der Waals surface area (Å²) in [6.45, 7) is 1.27. The van der Waals surface area contributed by atoms with E-state index < -0.39 is 0 Å². The lowest BCUT2D eigenvalue weighted by Gasteiger charge is -2.12. The van der Waals surface area contributed by atoms with E-state index in [-0.39, 0.29) is 6.10 Å². The standard InChI is InChI=1S/C14H14ClN3O2/c15-11-5-3-10(4-6-11)8-18-14(12(9-19)16-17-18)13-2-1-7-20-13/h3-6,9,13H,1-2,7-8H2. The Labute approximate surface area is 121 Å². The van der Waals surface area contributed by atoms with Crippen LogP contribution < -0.4 is 0 Å². The average molecular weight is 292 g/mol. The Morgan fingerprint density at radius 1 is 1.40 bits per heavy atom. The number of ether oxygens (including phenoxy) is 1. The van der Waals surface area contributed by atoms with Gasteiger partial charge in [-0.25, -0.2) is 4.68 Å². The van der Waals surface area contributed by atoms with Gasteiger partial charge in [-0.3, -0.25) is 4.79 Å². The van der Waals surface area contributed by atoms with E-state index in [4.69, 9.17) is 16.3 Å². The van der Waals surface area contributed by atoms with Gasteiger partial charge >= 0.3 is 0 Å². The largest absolute Gasteiger partial charge is 0.372 e. The third kappa shape index (κ3) is 2.59. The molecule has 0 spiro atoms. The van der Waals surface area contributed by atoms with Crippen molar-refractivity contribution in [2.75, 3.05) is 6.61 Å². The molecule has 0 aliphatic carbocycles. The van der Waals surface area contributed by atoms with E-state index in [2.05, 4.69) is 10.3 Å². The Bertz CT molecular complexity index is 603. The van der Waals surface area contributed by atoms with Crippen LogP contribution in [0.1, 0.15) is 40.7 Å². The molecular weight excluding hydrogens is 278 g/mol. The maximum absolute atomic E-state index is 11.1. The van der Waals surface area contributed by atoms with Crippen LogP contribution in [0.15, 0.2) is 24.3 Å². The van der Waals surface area contributed by atoms with E-state index in [0.29, 0.717) is 17.3 Å². The number of carbonyl (C=O) groups excluding carboxylic acids is 1. The van der Waals surface area contributed by atoms with Gasteiger partial charge in [-0.15, -0.1) is 5.10 Å². The number of aromatic nitrogens is 3. The molecule has 0 amide bonds. The minimum Gasteiger partial charge on any atom is -0.372 e. The Kier molecular flexibility index (Phi) is 3.80. The number of nitrogens with zero attached hydrogens (tertiary/aromatic N) is 3. The lowest BCUT2D eigenvalue weighted by Crippen LogP contribution is -2.11. The molecular formula is C14H14ClN3O2. The second-order valence-corrected chi connectivity index (χ2v) is 5.20. The second-order valence-electron chi connectivity index (χ2n) is 4.76. The fraction of sp³-hybridized carbons (Fsp3) is 0.357. The molecule has 1 aliphatic heterocycles. The van der Waals surface area contributed by atoms with Crippen molar-refractivity contribution >= 4 is 17.9 Å². The summed E-state index contributed by atoms with van der Waals surface area (Å²) in [6, 6.07) is 7.54. The molecule has 2 heterocycles. The minimum absolute atomic E-state index is 0.0856. The first-order valence-electron chi connectivity index (χ1n) is 6.52. The van der Waals surface area contributed by atoms with Crippen molar-refractivity contribution in [3.05, 3.63) is 46.2 Å². The number of benzene rings is 1. The summed E-state index contributed by atoms with van der Waals surface area (Å²) in [5.41, 5.74) is 2.19. The van der Waals surface area contributed by atoms with Gasteiger partial charge in [-0.05, 0) is 30.5 Å². The lowest BCUT2D eigenvalue weighted by molar-refractivity contribution is 0.101. The fourth-order valence-corrected chi connectivity index (χ4v) is 2.55. The normalized spacial score (nSPS) is 18.4. The molecule has 0 saturated carbocycles. The highest BCUT2D eigenvalue weighted by Crippen LogP contribution is 2.29. The van der Waals surface area contributed by atoms with E-state index in [1.807, 2.05) is 24.3 Å². The summed E-state index contributed by atoms with van der Waals surface area (Å²) >= 11 is 5.88.